The van der Waals surface area contributed by atoms with Crippen LogP contribution >= 0.6 is 38.6 Å². The van der Waals surface area contributed by atoms with Crippen LogP contribution in [0.25, 0.3) is 22.2 Å². The Morgan fingerprint density at radius 2 is 1.72 bits per heavy atom. The van der Waals surface area contributed by atoms with Crippen LogP contribution in [0.1, 0.15) is 22.2 Å². The fraction of sp³-hybridized carbons (Fsp3) is 0.0800. The van der Waals surface area contributed by atoms with Gasteiger partial charge in [-0.15, -0.1) is 22.7 Å². The second-order valence-corrected chi connectivity index (χ2v) is 10.3. The van der Waals surface area contributed by atoms with E-state index in [1.165, 1.54) is 9.75 Å². The van der Waals surface area contributed by atoms with Crippen molar-refractivity contribution in [3.63, 3.8) is 0 Å². The molecule has 156 valence electrons. The molecule has 1 atom stereocenters. The summed E-state index contributed by atoms with van der Waals surface area (Å²) in [7, 11) is 0. The van der Waals surface area contributed by atoms with Crippen molar-refractivity contribution < 1.29 is 0 Å². The molecule has 6 rings (SSSR count). The van der Waals surface area contributed by atoms with Crippen molar-refractivity contribution >= 4 is 61.2 Å². The van der Waals surface area contributed by atoms with E-state index in [-0.39, 0.29) is 6.04 Å². The number of nitrogens with zero attached hydrogens (tertiary/aromatic N) is 4. The van der Waals surface area contributed by atoms with Crippen molar-refractivity contribution in [2.45, 2.75) is 12.5 Å². The Balaban J connectivity index is 1.55. The lowest BCUT2D eigenvalue weighted by atomic mass is 10.1. The number of halogens is 1. The van der Waals surface area contributed by atoms with Crippen LogP contribution in [0.2, 0.25) is 0 Å². The van der Waals surface area contributed by atoms with Crippen molar-refractivity contribution in [2.24, 2.45) is 5.10 Å². The van der Waals surface area contributed by atoms with Crippen LogP contribution in [-0.4, -0.2) is 15.7 Å². The third-order valence-electron chi connectivity index (χ3n) is 5.49. The van der Waals surface area contributed by atoms with E-state index in [9.17, 15) is 0 Å². The summed E-state index contributed by atoms with van der Waals surface area (Å²) in [6.45, 7) is 0. The van der Waals surface area contributed by atoms with Crippen LogP contribution in [0.3, 0.4) is 0 Å². The highest BCUT2D eigenvalue weighted by Gasteiger charge is 2.33. The number of fused-ring (bicyclic) bond motifs is 1. The number of anilines is 1. The number of hydrogen-bond acceptors (Lipinski definition) is 6. The fourth-order valence-electron chi connectivity index (χ4n) is 4.00. The molecule has 0 N–H and O–H groups in total. The molecule has 0 saturated heterocycles. The molecule has 7 heteroatoms. The van der Waals surface area contributed by atoms with Gasteiger partial charge in [0.05, 0.1) is 27.8 Å². The van der Waals surface area contributed by atoms with Crippen molar-refractivity contribution in [1.29, 1.82) is 0 Å². The molecule has 1 aliphatic rings. The predicted octanol–water partition coefficient (Wildman–Crippen LogP) is 7.54. The molecule has 4 heterocycles. The van der Waals surface area contributed by atoms with Crippen molar-refractivity contribution in [3.05, 3.63) is 97.8 Å². The van der Waals surface area contributed by atoms with Crippen molar-refractivity contribution in [2.75, 3.05) is 5.01 Å². The monoisotopic (exact) mass is 516 g/mol. The third-order valence-corrected chi connectivity index (χ3v) is 7.87. The summed E-state index contributed by atoms with van der Waals surface area (Å²) >= 11 is 7.08. The largest absolute Gasteiger partial charge is 0.247 e. The first-order chi connectivity index (χ1) is 15.8. The molecule has 5 aromatic rings. The Kier molecular flexibility index (Phi) is 5.09. The predicted molar refractivity (Wildman–Crippen MR) is 138 cm³/mol. The molecule has 3 aromatic heterocycles. The quantitative estimate of drug-likeness (QED) is 0.247. The van der Waals surface area contributed by atoms with E-state index >= 15 is 0 Å². The Bertz CT molecular complexity index is 1410. The van der Waals surface area contributed by atoms with E-state index in [2.05, 4.69) is 69.2 Å². The molecular formula is C25H17BrN4S2. The smallest absolute Gasteiger partial charge is 0.223 e. The standard InChI is InChI=1S/C25H17BrN4S2/c26-17-10-11-19-18(14-17)24(16-6-2-1-3-7-16)28-25(27-19)30-21(23-9-5-13-32-23)15-20(29-30)22-8-4-12-31-22/h1-14,21H,15H2/t21-/m1/s1. The second kappa shape index (κ2) is 8.24. The van der Waals surface area contributed by atoms with Gasteiger partial charge in [0, 0.05) is 26.7 Å². The molecule has 32 heavy (non-hydrogen) atoms. The van der Waals surface area contributed by atoms with Crippen molar-refractivity contribution in [3.8, 4) is 11.3 Å². The molecule has 2 aromatic carbocycles. The summed E-state index contributed by atoms with van der Waals surface area (Å²) in [5, 5.41) is 12.3. The van der Waals surface area contributed by atoms with Crippen LogP contribution in [0.4, 0.5) is 5.95 Å². The zero-order valence-corrected chi connectivity index (χ0v) is 20.1. The van der Waals surface area contributed by atoms with Crippen LogP contribution in [-0.2, 0) is 0 Å². The highest BCUT2D eigenvalue weighted by Crippen LogP contribution is 2.39. The zero-order valence-electron chi connectivity index (χ0n) is 16.9. The first-order valence-corrected chi connectivity index (χ1v) is 12.8. The van der Waals surface area contributed by atoms with E-state index in [1.807, 2.05) is 35.3 Å². The summed E-state index contributed by atoms with van der Waals surface area (Å²) in [6.07, 6.45) is 0.837. The van der Waals surface area contributed by atoms with Gasteiger partial charge in [0.2, 0.25) is 5.95 Å². The molecule has 0 aliphatic carbocycles. The number of aromatic nitrogens is 2. The van der Waals surface area contributed by atoms with Crippen LogP contribution < -0.4 is 5.01 Å². The summed E-state index contributed by atoms with van der Waals surface area (Å²) in [4.78, 5) is 12.5. The molecule has 0 saturated carbocycles. The maximum Gasteiger partial charge on any atom is 0.247 e. The molecular weight excluding hydrogens is 500 g/mol. The van der Waals surface area contributed by atoms with Gasteiger partial charge in [-0.05, 0) is 41.1 Å². The zero-order chi connectivity index (χ0) is 21.5. The lowest BCUT2D eigenvalue weighted by molar-refractivity contribution is 0.700. The van der Waals surface area contributed by atoms with E-state index < -0.39 is 0 Å². The topological polar surface area (TPSA) is 41.4 Å². The molecule has 1 aliphatic heterocycles. The highest BCUT2D eigenvalue weighted by molar-refractivity contribution is 9.10. The van der Waals surface area contributed by atoms with Gasteiger partial charge >= 0.3 is 0 Å². The van der Waals surface area contributed by atoms with E-state index in [4.69, 9.17) is 15.1 Å². The van der Waals surface area contributed by atoms with E-state index in [1.54, 1.807) is 22.7 Å². The first kappa shape index (κ1) is 19.8. The Morgan fingerprint density at radius 3 is 2.50 bits per heavy atom. The lowest BCUT2D eigenvalue weighted by Gasteiger charge is -2.21. The van der Waals surface area contributed by atoms with Crippen molar-refractivity contribution in [1.82, 2.24) is 9.97 Å². The molecule has 0 bridgehead atoms. The summed E-state index contributed by atoms with van der Waals surface area (Å²) < 4.78 is 1.01. The van der Waals surface area contributed by atoms with E-state index in [0.717, 1.165) is 38.8 Å². The Labute approximate surface area is 202 Å². The number of thiophene rings is 2. The minimum absolute atomic E-state index is 0.0867. The molecule has 0 fully saturated rings. The van der Waals surface area contributed by atoms with Gasteiger partial charge in [-0.25, -0.2) is 15.0 Å². The molecule has 0 radical (unpaired) electrons. The summed E-state index contributed by atoms with van der Waals surface area (Å²) in [5.41, 5.74) is 3.96. The number of benzene rings is 2. The van der Waals surface area contributed by atoms with Gasteiger partial charge in [0.1, 0.15) is 0 Å². The molecule has 0 spiro atoms. The van der Waals surface area contributed by atoms with Gasteiger partial charge in [0.25, 0.3) is 0 Å². The molecule has 0 amide bonds. The first-order valence-electron chi connectivity index (χ1n) is 10.2. The van der Waals surface area contributed by atoms with Gasteiger partial charge in [-0.3, -0.25) is 0 Å². The van der Waals surface area contributed by atoms with Gasteiger partial charge in [-0.1, -0.05) is 58.4 Å². The summed E-state index contributed by atoms with van der Waals surface area (Å²) in [5.74, 6) is 0.628. The van der Waals surface area contributed by atoms with Crippen LogP contribution in [0.15, 0.2) is 93.1 Å². The SMILES string of the molecule is Brc1ccc2nc(N3N=C(c4cccs4)C[C@@H]3c3cccs3)nc(-c3ccccc3)c2c1. The lowest BCUT2D eigenvalue weighted by Crippen LogP contribution is -2.20. The van der Waals surface area contributed by atoms with Gasteiger partial charge < -0.3 is 0 Å². The molecule has 4 nitrogen and oxygen atoms in total. The normalized spacial score (nSPS) is 16.0. The number of hydrazone groups is 1. The second-order valence-electron chi connectivity index (χ2n) is 7.50. The van der Waals surface area contributed by atoms with Gasteiger partial charge in [-0.2, -0.15) is 5.10 Å². The maximum atomic E-state index is 5.07. The number of rotatable bonds is 4. The van der Waals surface area contributed by atoms with Crippen LogP contribution in [0, 0.1) is 0 Å². The Hall–Kier alpha value is -2.87. The molecule has 0 unspecified atom stereocenters. The summed E-state index contributed by atoms with van der Waals surface area (Å²) in [6, 6.07) is 25.0. The number of hydrogen-bond donors (Lipinski definition) is 0. The average molecular weight is 517 g/mol. The minimum Gasteiger partial charge on any atom is -0.223 e. The third kappa shape index (κ3) is 3.56. The maximum absolute atomic E-state index is 5.07. The van der Waals surface area contributed by atoms with E-state index in [0.29, 0.717) is 5.95 Å². The van der Waals surface area contributed by atoms with Gasteiger partial charge in [0.15, 0.2) is 0 Å². The minimum atomic E-state index is 0.0867. The van der Waals surface area contributed by atoms with Crippen LogP contribution in [0.5, 0.6) is 0 Å². The highest BCUT2D eigenvalue weighted by atomic mass is 79.9. The fourth-order valence-corrected chi connectivity index (χ4v) is 5.89. The average Bonchev–Trinajstić information content (AvgIpc) is 3.60. The Morgan fingerprint density at radius 1 is 0.875 bits per heavy atom.